The van der Waals surface area contributed by atoms with Gasteiger partial charge in [-0.3, -0.25) is 4.79 Å². The number of nitrogens with zero attached hydrogens (tertiary/aromatic N) is 1. The molecule has 1 atom stereocenters. The first-order valence-corrected chi connectivity index (χ1v) is 5.85. The van der Waals surface area contributed by atoms with Gasteiger partial charge in [0.1, 0.15) is 5.38 Å². The van der Waals surface area contributed by atoms with Gasteiger partial charge in [-0.1, -0.05) is 6.92 Å². The van der Waals surface area contributed by atoms with Crippen LogP contribution in [0, 0.1) is 0 Å². The van der Waals surface area contributed by atoms with Crippen LogP contribution in [0.25, 0.3) is 0 Å². The van der Waals surface area contributed by atoms with Crippen molar-refractivity contribution in [2.75, 3.05) is 24.6 Å². The Morgan fingerprint density at radius 3 is 2.67 bits per heavy atom. The van der Waals surface area contributed by atoms with Gasteiger partial charge in [-0.2, -0.15) is 11.8 Å². The molecule has 1 heterocycles. The Kier molecular flexibility index (Phi) is 4.22. The van der Waals surface area contributed by atoms with Crippen molar-refractivity contribution in [3.8, 4) is 0 Å². The predicted octanol–water partition coefficient (Wildman–Crippen LogP) is 1.58. The summed E-state index contributed by atoms with van der Waals surface area (Å²) in [6, 6.07) is 0. The highest BCUT2D eigenvalue weighted by atomic mass is 35.5. The first-order valence-electron chi connectivity index (χ1n) is 4.26. The molecule has 1 amide bonds. The van der Waals surface area contributed by atoms with Crippen molar-refractivity contribution >= 4 is 29.3 Å². The molecule has 0 unspecified atom stereocenters. The Bertz CT molecular complexity index is 159. The van der Waals surface area contributed by atoms with Gasteiger partial charge in [-0.25, -0.2) is 0 Å². The molecule has 1 aliphatic heterocycles. The van der Waals surface area contributed by atoms with Crippen LogP contribution in [-0.2, 0) is 4.79 Å². The summed E-state index contributed by atoms with van der Waals surface area (Å²) in [5.74, 6) is 2.22. The Morgan fingerprint density at radius 1 is 1.58 bits per heavy atom. The van der Waals surface area contributed by atoms with Crippen molar-refractivity contribution < 1.29 is 4.79 Å². The highest BCUT2D eigenvalue weighted by Crippen LogP contribution is 2.13. The second kappa shape index (κ2) is 4.97. The summed E-state index contributed by atoms with van der Waals surface area (Å²) in [5, 5.41) is -0.312. The average molecular weight is 208 g/mol. The molecule has 0 bridgehead atoms. The van der Waals surface area contributed by atoms with E-state index >= 15 is 0 Å². The largest absolute Gasteiger partial charge is 0.340 e. The van der Waals surface area contributed by atoms with Crippen molar-refractivity contribution in [2.45, 2.75) is 18.7 Å². The maximum atomic E-state index is 11.5. The van der Waals surface area contributed by atoms with Crippen LogP contribution >= 0.6 is 23.4 Å². The monoisotopic (exact) mass is 207 g/mol. The van der Waals surface area contributed by atoms with Gasteiger partial charge < -0.3 is 4.90 Å². The zero-order valence-electron chi connectivity index (χ0n) is 7.25. The average Bonchev–Trinajstić information content (AvgIpc) is 2.17. The fourth-order valence-electron chi connectivity index (χ4n) is 1.16. The van der Waals surface area contributed by atoms with Crippen LogP contribution in [0.1, 0.15) is 13.3 Å². The van der Waals surface area contributed by atoms with Crippen molar-refractivity contribution in [1.29, 1.82) is 0 Å². The fourth-order valence-corrected chi connectivity index (χ4v) is 2.20. The molecule has 0 N–H and O–H groups in total. The Hall–Kier alpha value is 0.110. The number of alkyl halides is 1. The van der Waals surface area contributed by atoms with E-state index in [4.69, 9.17) is 11.6 Å². The van der Waals surface area contributed by atoms with Crippen molar-refractivity contribution in [3.05, 3.63) is 0 Å². The van der Waals surface area contributed by atoms with Gasteiger partial charge in [-0.05, 0) is 6.42 Å². The highest BCUT2D eigenvalue weighted by Gasteiger charge is 2.21. The normalized spacial score (nSPS) is 20.7. The minimum atomic E-state index is -0.312. The van der Waals surface area contributed by atoms with Gasteiger partial charge >= 0.3 is 0 Å². The second-order valence-corrected chi connectivity index (χ2v) is 4.57. The third-order valence-corrected chi connectivity index (χ3v) is 3.39. The SMILES string of the molecule is CC[C@H](Cl)C(=O)N1CCSCC1. The molecule has 0 aromatic heterocycles. The molecule has 2 nitrogen and oxygen atoms in total. The van der Waals surface area contributed by atoms with E-state index in [0.29, 0.717) is 0 Å². The summed E-state index contributed by atoms with van der Waals surface area (Å²) >= 11 is 7.75. The van der Waals surface area contributed by atoms with E-state index in [1.807, 2.05) is 23.6 Å². The smallest absolute Gasteiger partial charge is 0.240 e. The van der Waals surface area contributed by atoms with Crippen molar-refractivity contribution in [2.24, 2.45) is 0 Å². The van der Waals surface area contributed by atoms with E-state index in [1.54, 1.807) is 0 Å². The quantitative estimate of drug-likeness (QED) is 0.641. The standard InChI is InChI=1S/C8H14ClNOS/c1-2-7(9)8(11)10-3-5-12-6-4-10/h7H,2-6H2,1H3/t7-/m0/s1. The van der Waals surface area contributed by atoms with Crippen LogP contribution in [0.15, 0.2) is 0 Å². The lowest BCUT2D eigenvalue weighted by molar-refractivity contribution is -0.130. The van der Waals surface area contributed by atoms with Gasteiger partial charge in [0.2, 0.25) is 5.91 Å². The molecule has 0 spiro atoms. The zero-order valence-corrected chi connectivity index (χ0v) is 8.83. The molecule has 1 aliphatic rings. The number of hydrogen-bond acceptors (Lipinski definition) is 2. The zero-order chi connectivity index (χ0) is 8.97. The highest BCUT2D eigenvalue weighted by molar-refractivity contribution is 7.99. The number of carbonyl (C=O) groups excluding carboxylic acids is 1. The van der Waals surface area contributed by atoms with Gasteiger partial charge in [0.25, 0.3) is 0 Å². The summed E-state index contributed by atoms with van der Waals surface area (Å²) in [4.78, 5) is 13.4. The number of rotatable bonds is 2. The fraction of sp³-hybridized carbons (Fsp3) is 0.875. The molecule has 1 rings (SSSR count). The third-order valence-electron chi connectivity index (χ3n) is 1.95. The second-order valence-electron chi connectivity index (χ2n) is 2.81. The minimum Gasteiger partial charge on any atom is -0.340 e. The molecule has 1 fully saturated rings. The molecular formula is C8H14ClNOS. The van der Waals surface area contributed by atoms with Crippen molar-refractivity contribution in [1.82, 2.24) is 4.90 Å². The number of amides is 1. The van der Waals surface area contributed by atoms with Gasteiger partial charge in [0.15, 0.2) is 0 Å². The van der Waals surface area contributed by atoms with Crippen LogP contribution in [0.3, 0.4) is 0 Å². The summed E-state index contributed by atoms with van der Waals surface area (Å²) in [6.45, 7) is 3.67. The number of carbonyl (C=O) groups is 1. The summed E-state index contributed by atoms with van der Waals surface area (Å²) in [6.07, 6.45) is 0.726. The lowest BCUT2D eigenvalue weighted by Gasteiger charge is -2.27. The summed E-state index contributed by atoms with van der Waals surface area (Å²) in [5.41, 5.74) is 0. The van der Waals surface area contributed by atoms with Gasteiger partial charge in [0.05, 0.1) is 0 Å². The molecule has 70 valence electrons. The molecule has 1 saturated heterocycles. The minimum absolute atomic E-state index is 0.111. The lowest BCUT2D eigenvalue weighted by Crippen LogP contribution is -2.41. The molecule has 0 aliphatic carbocycles. The van der Waals surface area contributed by atoms with E-state index in [9.17, 15) is 4.79 Å². The van der Waals surface area contributed by atoms with E-state index in [-0.39, 0.29) is 11.3 Å². The molecule has 12 heavy (non-hydrogen) atoms. The summed E-state index contributed by atoms with van der Waals surface area (Å²) < 4.78 is 0. The molecule has 4 heteroatoms. The van der Waals surface area contributed by atoms with Crippen molar-refractivity contribution in [3.63, 3.8) is 0 Å². The number of thioether (sulfide) groups is 1. The lowest BCUT2D eigenvalue weighted by atomic mass is 10.3. The van der Waals surface area contributed by atoms with Crippen LogP contribution in [0.5, 0.6) is 0 Å². The molecular weight excluding hydrogens is 194 g/mol. The van der Waals surface area contributed by atoms with Crippen LogP contribution in [0.4, 0.5) is 0 Å². The summed E-state index contributed by atoms with van der Waals surface area (Å²) in [7, 11) is 0. The Labute approximate surface area is 82.6 Å². The van der Waals surface area contributed by atoms with E-state index in [2.05, 4.69) is 0 Å². The maximum Gasteiger partial charge on any atom is 0.240 e. The molecule has 0 radical (unpaired) electrons. The molecule has 0 saturated carbocycles. The van der Waals surface area contributed by atoms with Crippen LogP contribution in [0.2, 0.25) is 0 Å². The number of hydrogen-bond donors (Lipinski definition) is 0. The van der Waals surface area contributed by atoms with Crippen LogP contribution in [-0.4, -0.2) is 40.8 Å². The van der Waals surface area contributed by atoms with Crippen LogP contribution < -0.4 is 0 Å². The Balaban J connectivity index is 2.39. The van der Waals surface area contributed by atoms with Gasteiger partial charge in [-0.15, -0.1) is 11.6 Å². The predicted molar refractivity (Wildman–Crippen MR) is 53.8 cm³/mol. The van der Waals surface area contributed by atoms with E-state index in [0.717, 1.165) is 31.0 Å². The topological polar surface area (TPSA) is 20.3 Å². The Morgan fingerprint density at radius 2 is 2.17 bits per heavy atom. The first-order chi connectivity index (χ1) is 5.75. The molecule has 0 aromatic carbocycles. The first kappa shape index (κ1) is 10.2. The van der Waals surface area contributed by atoms with E-state index in [1.165, 1.54) is 0 Å². The number of halogens is 1. The maximum absolute atomic E-state index is 11.5. The van der Waals surface area contributed by atoms with E-state index < -0.39 is 0 Å². The van der Waals surface area contributed by atoms with Gasteiger partial charge in [0, 0.05) is 24.6 Å². The molecule has 0 aromatic rings. The third kappa shape index (κ3) is 2.56.